The molecule has 2 aromatic carbocycles. The summed E-state index contributed by atoms with van der Waals surface area (Å²) >= 11 is 1.45. The molecule has 22 heavy (non-hydrogen) atoms. The summed E-state index contributed by atoms with van der Waals surface area (Å²) in [5, 5.41) is 5.26. The van der Waals surface area contributed by atoms with Gasteiger partial charge in [-0.25, -0.2) is 13.6 Å². The van der Waals surface area contributed by atoms with E-state index >= 15 is 0 Å². The quantitative estimate of drug-likeness (QED) is 0.865. The van der Waals surface area contributed by atoms with Crippen molar-refractivity contribution in [1.82, 2.24) is 5.32 Å². The molecule has 0 radical (unpaired) electrons. The minimum absolute atomic E-state index is 0.115. The molecule has 1 unspecified atom stereocenters. The summed E-state index contributed by atoms with van der Waals surface area (Å²) < 4.78 is 27.3. The number of urea groups is 1. The Morgan fingerprint density at radius 1 is 1.09 bits per heavy atom. The van der Waals surface area contributed by atoms with Crippen molar-refractivity contribution in [2.45, 2.75) is 17.4 Å². The summed E-state index contributed by atoms with van der Waals surface area (Å²) in [4.78, 5) is 12.6. The molecule has 2 aromatic rings. The number of para-hydroxylation sites is 1. The van der Waals surface area contributed by atoms with Crippen LogP contribution in [-0.2, 0) is 0 Å². The normalized spacial score (nSPS) is 16.7. The van der Waals surface area contributed by atoms with Crippen molar-refractivity contribution in [3.8, 4) is 0 Å². The Morgan fingerprint density at radius 3 is 2.68 bits per heavy atom. The number of benzene rings is 2. The fourth-order valence-electron chi connectivity index (χ4n) is 2.42. The zero-order valence-corrected chi connectivity index (χ0v) is 12.4. The molecule has 1 aliphatic rings. The molecule has 0 aromatic heterocycles. The predicted octanol–water partition coefficient (Wildman–Crippen LogP) is 4.32. The number of thioether (sulfide) groups is 1. The SMILES string of the molecule is O=C(Nc1ccccc1F)NC1CCSc2c(F)cccc21. The van der Waals surface area contributed by atoms with Crippen molar-refractivity contribution in [1.29, 1.82) is 0 Å². The molecule has 2 amide bonds. The summed E-state index contributed by atoms with van der Waals surface area (Å²) in [7, 11) is 0. The van der Waals surface area contributed by atoms with Gasteiger partial charge in [-0.05, 0) is 30.2 Å². The standard InChI is InChI=1S/C16H14F2N2OS/c17-11-5-1-2-7-14(11)20-16(21)19-13-8-9-22-15-10(13)4-3-6-12(15)18/h1-7,13H,8-9H2,(H2,19,20,21). The van der Waals surface area contributed by atoms with E-state index in [0.29, 0.717) is 11.3 Å². The van der Waals surface area contributed by atoms with Crippen LogP contribution in [0.25, 0.3) is 0 Å². The first-order chi connectivity index (χ1) is 10.6. The summed E-state index contributed by atoms with van der Waals surface area (Å²) in [5.41, 5.74) is 0.879. The van der Waals surface area contributed by atoms with Crippen molar-refractivity contribution in [2.75, 3.05) is 11.1 Å². The molecule has 114 valence electrons. The number of rotatable bonds is 2. The number of hydrogen-bond acceptors (Lipinski definition) is 2. The number of halogens is 2. The second-order valence-corrected chi connectivity index (χ2v) is 6.03. The first kappa shape index (κ1) is 14.8. The number of nitrogens with one attached hydrogen (secondary N) is 2. The minimum Gasteiger partial charge on any atom is -0.331 e. The van der Waals surface area contributed by atoms with Crippen LogP contribution in [0.2, 0.25) is 0 Å². The molecule has 1 aliphatic heterocycles. The molecule has 0 saturated heterocycles. The van der Waals surface area contributed by atoms with Crippen molar-refractivity contribution < 1.29 is 13.6 Å². The van der Waals surface area contributed by atoms with Crippen molar-refractivity contribution >= 4 is 23.5 Å². The van der Waals surface area contributed by atoms with Crippen LogP contribution in [0.4, 0.5) is 19.3 Å². The van der Waals surface area contributed by atoms with Crippen LogP contribution in [0.3, 0.4) is 0 Å². The first-order valence-electron chi connectivity index (χ1n) is 6.88. The second kappa shape index (κ2) is 6.36. The fraction of sp³-hybridized carbons (Fsp3) is 0.188. The number of carbonyl (C=O) groups is 1. The van der Waals surface area contributed by atoms with E-state index in [1.807, 2.05) is 0 Å². The average Bonchev–Trinajstić information content (AvgIpc) is 2.51. The maximum absolute atomic E-state index is 13.8. The predicted molar refractivity (Wildman–Crippen MR) is 83.0 cm³/mol. The highest BCUT2D eigenvalue weighted by Gasteiger charge is 2.24. The molecule has 0 bridgehead atoms. The summed E-state index contributed by atoms with van der Waals surface area (Å²) in [6.07, 6.45) is 0.700. The van der Waals surface area contributed by atoms with Crippen LogP contribution >= 0.6 is 11.8 Å². The van der Waals surface area contributed by atoms with Gasteiger partial charge in [0.05, 0.1) is 11.7 Å². The Morgan fingerprint density at radius 2 is 1.86 bits per heavy atom. The molecule has 1 heterocycles. The van der Waals surface area contributed by atoms with E-state index in [1.165, 1.54) is 30.0 Å². The average molecular weight is 320 g/mol. The van der Waals surface area contributed by atoms with E-state index in [9.17, 15) is 13.6 Å². The zero-order valence-electron chi connectivity index (χ0n) is 11.6. The summed E-state index contributed by atoms with van der Waals surface area (Å²) in [6, 6.07) is 10.0. The van der Waals surface area contributed by atoms with Gasteiger partial charge in [0.25, 0.3) is 0 Å². The van der Waals surface area contributed by atoms with Crippen LogP contribution in [0.15, 0.2) is 47.4 Å². The molecule has 3 rings (SSSR count). The smallest absolute Gasteiger partial charge is 0.319 e. The fourth-order valence-corrected chi connectivity index (χ4v) is 3.56. The Kier molecular flexibility index (Phi) is 4.29. The van der Waals surface area contributed by atoms with E-state index in [4.69, 9.17) is 0 Å². The van der Waals surface area contributed by atoms with Gasteiger partial charge < -0.3 is 10.6 Å². The lowest BCUT2D eigenvalue weighted by molar-refractivity contribution is 0.248. The largest absolute Gasteiger partial charge is 0.331 e. The van der Waals surface area contributed by atoms with Crippen molar-refractivity contribution in [2.24, 2.45) is 0 Å². The topological polar surface area (TPSA) is 41.1 Å². The lowest BCUT2D eigenvalue weighted by Crippen LogP contribution is -2.34. The lowest BCUT2D eigenvalue weighted by Gasteiger charge is -2.26. The van der Waals surface area contributed by atoms with Crippen LogP contribution in [0.5, 0.6) is 0 Å². The number of anilines is 1. The summed E-state index contributed by atoms with van der Waals surface area (Å²) in [5.74, 6) is -0.0507. The van der Waals surface area contributed by atoms with E-state index in [2.05, 4.69) is 10.6 Å². The van der Waals surface area contributed by atoms with Gasteiger partial charge in [-0.2, -0.15) is 0 Å². The highest BCUT2D eigenvalue weighted by atomic mass is 32.2. The third-order valence-electron chi connectivity index (χ3n) is 3.45. The monoisotopic (exact) mass is 320 g/mol. The Hall–Kier alpha value is -2.08. The number of fused-ring (bicyclic) bond motifs is 1. The molecule has 3 nitrogen and oxygen atoms in total. The van der Waals surface area contributed by atoms with Crippen LogP contribution < -0.4 is 10.6 Å². The van der Waals surface area contributed by atoms with Gasteiger partial charge in [-0.3, -0.25) is 0 Å². The van der Waals surface area contributed by atoms with E-state index in [1.54, 1.807) is 24.3 Å². The maximum Gasteiger partial charge on any atom is 0.319 e. The number of amides is 2. The molecule has 0 saturated carbocycles. The van der Waals surface area contributed by atoms with E-state index in [0.717, 1.165) is 11.3 Å². The maximum atomic E-state index is 13.8. The second-order valence-electron chi connectivity index (χ2n) is 4.93. The Balaban J connectivity index is 1.74. The molecule has 0 fully saturated rings. The van der Waals surface area contributed by atoms with E-state index < -0.39 is 11.8 Å². The van der Waals surface area contributed by atoms with E-state index in [-0.39, 0.29) is 17.5 Å². The molecule has 6 heteroatoms. The lowest BCUT2D eigenvalue weighted by atomic mass is 10.0. The van der Waals surface area contributed by atoms with Gasteiger partial charge in [0, 0.05) is 10.6 Å². The zero-order chi connectivity index (χ0) is 15.5. The van der Waals surface area contributed by atoms with Crippen LogP contribution in [0, 0.1) is 11.6 Å². The summed E-state index contributed by atoms with van der Waals surface area (Å²) in [6.45, 7) is 0. The number of hydrogen-bond donors (Lipinski definition) is 2. The van der Waals surface area contributed by atoms with Gasteiger partial charge in [0.2, 0.25) is 0 Å². The molecule has 1 atom stereocenters. The first-order valence-corrected chi connectivity index (χ1v) is 7.87. The highest BCUT2D eigenvalue weighted by Crippen LogP contribution is 2.37. The Bertz CT molecular complexity index is 708. The number of carbonyl (C=O) groups excluding carboxylic acids is 1. The van der Waals surface area contributed by atoms with Gasteiger partial charge in [-0.15, -0.1) is 11.8 Å². The third-order valence-corrected chi connectivity index (χ3v) is 4.61. The highest BCUT2D eigenvalue weighted by molar-refractivity contribution is 7.99. The molecule has 0 spiro atoms. The van der Waals surface area contributed by atoms with Gasteiger partial charge >= 0.3 is 6.03 Å². The molecule has 2 N–H and O–H groups in total. The van der Waals surface area contributed by atoms with Gasteiger partial charge in [0.15, 0.2) is 0 Å². The molecule has 0 aliphatic carbocycles. The van der Waals surface area contributed by atoms with Gasteiger partial charge in [0.1, 0.15) is 11.6 Å². The van der Waals surface area contributed by atoms with Crippen molar-refractivity contribution in [3.63, 3.8) is 0 Å². The molecular formula is C16H14F2N2OS. The Labute approximate surface area is 131 Å². The van der Waals surface area contributed by atoms with Crippen LogP contribution in [-0.4, -0.2) is 11.8 Å². The molecular weight excluding hydrogens is 306 g/mol. The van der Waals surface area contributed by atoms with Crippen molar-refractivity contribution in [3.05, 3.63) is 59.7 Å². The minimum atomic E-state index is -0.503. The third kappa shape index (κ3) is 3.06. The van der Waals surface area contributed by atoms with Crippen LogP contribution in [0.1, 0.15) is 18.0 Å². The van der Waals surface area contributed by atoms with Gasteiger partial charge in [-0.1, -0.05) is 24.3 Å².